The number of hydrogen-bond acceptors (Lipinski definition) is 3. The maximum Gasteiger partial charge on any atom is 0.237 e. The molecule has 0 aliphatic heterocycles. The van der Waals surface area contributed by atoms with Crippen LogP contribution in [0, 0.1) is 0 Å². The highest BCUT2D eigenvalue weighted by Gasteiger charge is 2.21. The van der Waals surface area contributed by atoms with Crippen molar-refractivity contribution in [2.75, 3.05) is 6.54 Å². The predicted octanol–water partition coefficient (Wildman–Crippen LogP) is 2.33. The molecule has 1 unspecified atom stereocenters. The van der Waals surface area contributed by atoms with Crippen molar-refractivity contribution in [3.05, 3.63) is 60.1 Å². The molecule has 0 saturated carbocycles. The van der Waals surface area contributed by atoms with Gasteiger partial charge >= 0.3 is 0 Å². The van der Waals surface area contributed by atoms with Crippen LogP contribution in [0.4, 0.5) is 0 Å². The standard InChI is InChI=1S/C15H18N2O2/c1-12(13-6-3-2-4-7-13)17(15(18)10-16)11-14-8-5-9-19-14/h2-9,12H,10-11,16H2,1H3. The molecule has 1 heterocycles. The van der Waals surface area contributed by atoms with Gasteiger partial charge in [-0.1, -0.05) is 30.3 Å². The molecule has 0 aliphatic carbocycles. The molecule has 2 rings (SSSR count). The van der Waals surface area contributed by atoms with Crippen LogP contribution in [-0.4, -0.2) is 17.4 Å². The fraction of sp³-hybridized carbons (Fsp3) is 0.267. The van der Waals surface area contributed by atoms with Crippen molar-refractivity contribution >= 4 is 5.91 Å². The molecule has 0 fully saturated rings. The summed E-state index contributed by atoms with van der Waals surface area (Å²) in [6.07, 6.45) is 1.60. The van der Waals surface area contributed by atoms with Crippen LogP contribution in [0.3, 0.4) is 0 Å². The summed E-state index contributed by atoms with van der Waals surface area (Å²) in [5.41, 5.74) is 6.58. The molecular formula is C15H18N2O2. The molecule has 4 heteroatoms. The fourth-order valence-corrected chi connectivity index (χ4v) is 2.04. The summed E-state index contributed by atoms with van der Waals surface area (Å²) in [6.45, 7) is 2.42. The van der Waals surface area contributed by atoms with Crippen molar-refractivity contribution in [1.29, 1.82) is 0 Å². The average Bonchev–Trinajstić information content (AvgIpc) is 2.97. The Morgan fingerprint density at radius 1 is 1.26 bits per heavy atom. The minimum Gasteiger partial charge on any atom is -0.467 e. The molecule has 0 radical (unpaired) electrons. The van der Waals surface area contributed by atoms with Gasteiger partial charge in [-0.2, -0.15) is 0 Å². The zero-order chi connectivity index (χ0) is 13.7. The summed E-state index contributed by atoms with van der Waals surface area (Å²) in [4.78, 5) is 13.7. The molecule has 1 atom stereocenters. The number of nitrogens with two attached hydrogens (primary N) is 1. The first-order valence-corrected chi connectivity index (χ1v) is 6.29. The zero-order valence-corrected chi connectivity index (χ0v) is 11.0. The second-order valence-electron chi connectivity index (χ2n) is 4.39. The number of carbonyl (C=O) groups is 1. The normalized spacial score (nSPS) is 12.1. The summed E-state index contributed by atoms with van der Waals surface area (Å²) in [5, 5.41) is 0. The molecule has 2 N–H and O–H groups in total. The van der Waals surface area contributed by atoms with Crippen molar-refractivity contribution in [2.45, 2.75) is 19.5 Å². The third-order valence-electron chi connectivity index (χ3n) is 3.15. The van der Waals surface area contributed by atoms with E-state index < -0.39 is 0 Å². The van der Waals surface area contributed by atoms with Crippen LogP contribution in [0.2, 0.25) is 0 Å². The summed E-state index contributed by atoms with van der Waals surface area (Å²) in [6, 6.07) is 13.5. The largest absolute Gasteiger partial charge is 0.467 e. The van der Waals surface area contributed by atoms with Gasteiger partial charge in [-0.15, -0.1) is 0 Å². The molecule has 1 aromatic heterocycles. The molecule has 0 bridgehead atoms. The number of nitrogens with zero attached hydrogens (tertiary/aromatic N) is 1. The van der Waals surface area contributed by atoms with Gasteiger partial charge < -0.3 is 15.1 Å². The lowest BCUT2D eigenvalue weighted by Gasteiger charge is -2.28. The van der Waals surface area contributed by atoms with Crippen molar-refractivity contribution in [3.8, 4) is 0 Å². The monoisotopic (exact) mass is 258 g/mol. The maximum atomic E-state index is 12.0. The van der Waals surface area contributed by atoms with Crippen molar-refractivity contribution in [1.82, 2.24) is 4.90 Å². The fourth-order valence-electron chi connectivity index (χ4n) is 2.04. The SMILES string of the molecule is CC(c1ccccc1)N(Cc1ccco1)C(=O)CN. The Morgan fingerprint density at radius 2 is 2.00 bits per heavy atom. The molecular weight excluding hydrogens is 240 g/mol. The lowest BCUT2D eigenvalue weighted by Crippen LogP contribution is -2.37. The lowest BCUT2D eigenvalue weighted by atomic mass is 10.1. The van der Waals surface area contributed by atoms with Crippen LogP contribution in [0.1, 0.15) is 24.3 Å². The Labute approximate surface area is 112 Å². The number of furan rings is 1. The van der Waals surface area contributed by atoms with Crippen LogP contribution >= 0.6 is 0 Å². The molecule has 4 nitrogen and oxygen atoms in total. The number of carbonyl (C=O) groups excluding carboxylic acids is 1. The number of amides is 1. The van der Waals surface area contributed by atoms with Gasteiger partial charge in [-0.3, -0.25) is 4.79 Å². The van der Waals surface area contributed by atoms with Crippen LogP contribution in [-0.2, 0) is 11.3 Å². The molecule has 0 saturated heterocycles. The highest BCUT2D eigenvalue weighted by Crippen LogP contribution is 2.22. The van der Waals surface area contributed by atoms with Gasteiger partial charge in [0.15, 0.2) is 0 Å². The molecule has 0 spiro atoms. The van der Waals surface area contributed by atoms with E-state index in [1.807, 2.05) is 49.4 Å². The Morgan fingerprint density at radius 3 is 2.58 bits per heavy atom. The van der Waals surface area contributed by atoms with Crippen LogP contribution < -0.4 is 5.73 Å². The van der Waals surface area contributed by atoms with E-state index in [-0.39, 0.29) is 18.5 Å². The summed E-state index contributed by atoms with van der Waals surface area (Å²) in [5.74, 6) is 0.664. The van der Waals surface area contributed by atoms with E-state index in [2.05, 4.69) is 0 Å². The van der Waals surface area contributed by atoms with E-state index in [9.17, 15) is 4.79 Å². The molecule has 1 aromatic carbocycles. The van der Waals surface area contributed by atoms with Crippen LogP contribution in [0.5, 0.6) is 0 Å². The minimum atomic E-state index is -0.0900. The summed E-state index contributed by atoms with van der Waals surface area (Å²) in [7, 11) is 0. The van der Waals surface area contributed by atoms with E-state index in [1.165, 1.54) is 0 Å². The van der Waals surface area contributed by atoms with Crippen LogP contribution in [0.25, 0.3) is 0 Å². The number of rotatable bonds is 5. The van der Waals surface area contributed by atoms with Gasteiger partial charge in [-0.05, 0) is 24.6 Å². The Bertz CT molecular complexity index is 508. The number of hydrogen-bond donors (Lipinski definition) is 1. The van der Waals surface area contributed by atoms with Gasteiger partial charge in [0.1, 0.15) is 5.76 Å². The third kappa shape index (κ3) is 3.23. The van der Waals surface area contributed by atoms with Gasteiger partial charge in [0, 0.05) is 0 Å². The van der Waals surface area contributed by atoms with E-state index >= 15 is 0 Å². The zero-order valence-electron chi connectivity index (χ0n) is 11.0. The van der Waals surface area contributed by atoms with Crippen molar-refractivity contribution in [3.63, 3.8) is 0 Å². The smallest absolute Gasteiger partial charge is 0.237 e. The first-order chi connectivity index (χ1) is 9.22. The van der Waals surface area contributed by atoms with Gasteiger partial charge in [0.2, 0.25) is 5.91 Å². The summed E-state index contributed by atoms with van der Waals surface area (Å²) < 4.78 is 5.31. The van der Waals surface area contributed by atoms with E-state index in [1.54, 1.807) is 11.2 Å². The van der Waals surface area contributed by atoms with Crippen LogP contribution in [0.15, 0.2) is 53.1 Å². The highest BCUT2D eigenvalue weighted by atomic mass is 16.3. The van der Waals surface area contributed by atoms with Gasteiger partial charge in [0.05, 0.1) is 25.4 Å². The highest BCUT2D eigenvalue weighted by molar-refractivity contribution is 5.78. The summed E-state index contributed by atoms with van der Waals surface area (Å²) >= 11 is 0. The molecule has 1 amide bonds. The van der Waals surface area contributed by atoms with E-state index in [0.717, 1.165) is 11.3 Å². The Kier molecular flexibility index (Phi) is 4.36. The average molecular weight is 258 g/mol. The third-order valence-corrected chi connectivity index (χ3v) is 3.15. The van der Waals surface area contributed by atoms with E-state index in [0.29, 0.717) is 6.54 Å². The quantitative estimate of drug-likeness (QED) is 0.895. The van der Waals surface area contributed by atoms with Crippen molar-refractivity contribution in [2.24, 2.45) is 5.73 Å². The first kappa shape index (κ1) is 13.4. The Hall–Kier alpha value is -2.07. The molecule has 19 heavy (non-hydrogen) atoms. The second kappa shape index (κ2) is 6.20. The molecule has 2 aromatic rings. The minimum absolute atomic E-state index is 0.00210. The topological polar surface area (TPSA) is 59.5 Å². The Balaban J connectivity index is 2.20. The van der Waals surface area contributed by atoms with Gasteiger partial charge in [-0.25, -0.2) is 0 Å². The van der Waals surface area contributed by atoms with E-state index in [4.69, 9.17) is 10.2 Å². The molecule has 0 aliphatic rings. The lowest BCUT2D eigenvalue weighted by molar-refractivity contribution is -0.132. The first-order valence-electron chi connectivity index (χ1n) is 6.29. The second-order valence-corrected chi connectivity index (χ2v) is 4.39. The predicted molar refractivity (Wildman–Crippen MR) is 73.2 cm³/mol. The maximum absolute atomic E-state index is 12.0. The van der Waals surface area contributed by atoms with Gasteiger partial charge in [0.25, 0.3) is 0 Å². The van der Waals surface area contributed by atoms with Crippen molar-refractivity contribution < 1.29 is 9.21 Å². The molecule has 100 valence electrons. The number of benzene rings is 1.